The summed E-state index contributed by atoms with van der Waals surface area (Å²) in [6.45, 7) is 10.1. The largest absolute Gasteiger partial charge is 0.393 e. The molecule has 1 saturated carbocycles. The first-order valence-corrected chi connectivity index (χ1v) is 8.79. The van der Waals surface area contributed by atoms with E-state index in [-0.39, 0.29) is 6.10 Å². The maximum Gasteiger partial charge on any atom is 0.0578 e. The second-order valence-corrected chi connectivity index (χ2v) is 7.08. The summed E-state index contributed by atoms with van der Waals surface area (Å²) in [6, 6.07) is 1.21. The minimum atomic E-state index is -0.130. The van der Waals surface area contributed by atoms with Crippen LogP contribution in [0.4, 0.5) is 0 Å². The summed E-state index contributed by atoms with van der Waals surface area (Å²) in [6.07, 6.45) is 7.35. The molecule has 2 rings (SSSR count). The van der Waals surface area contributed by atoms with Crippen LogP contribution in [0.3, 0.4) is 0 Å². The molecule has 2 aliphatic rings. The Morgan fingerprint density at radius 2 is 1.95 bits per heavy atom. The van der Waals surface area contributed by atoms with Gasteiger partial charge in [0.05, 0.1) is 6.10 Å². The van der Waals surface area contributed by atoms with Crippen molar-refractivity contribution in [2.24, 2.45) is 11.8 Å². The lowest BCUT2D eigenvalue weighted by molar-refractivity contribution is 0.0200. The maximum absolute atomic E-state index is 10.3. The number of likely N-dealkylation sites (tertiary alicyclic amines) is 1. The van der Waals surface area contributed by atoms with E-state index in [1.165, 1.54) is 32.2 Å². The number of aliphatic hydroxyl groups is 1. The fraction of sp³-hybridized carbons (Fsp3) is 1.00. The quantitative estimate of drug-likeness (QED) is 0.753. The normalized spacial score (nSPS) is 31.8. The molecule has 3 heteroatoms. The molecule has 1 saturated heterocycles. The minimum absolute atomic E-state index is 0.130. The molecule has 118 valence electrons. The number of hydrogen-bond acceptors (Lipinski definition) is 3. The van der Waals surface area contributed by atoms with E-state index in [9.17, 15) is 5.11 Å². The molecule has 0 aromatic carbocycles. The van der Waals surface area contributed by atoms with Gasteiger partial charge in [-0.05, 0) is 57.4 Å². The van der Waals surface area contributed by atoms with Crippen molar-refractivity contribution < 1.29 is 5.11 Å². The fourth-order valence-corrected chi connectivity index (χ4v) is 3.58. The highest BCUT2D eigenvalue weighted by atomic mass is 16.3. The predicted octanol–water partition coefficient (Wildman–Crippen LogP) is 2.64. The van der Waals surface area contributed by atoms with Crippen molar-refractivity contribution in [3.05, 3.63) is 0 Å². The Morgan fingerprint density at radius 3 is 2.50 bits per heavy atom. The summed E-state index contributed by atoms with van der Waals surface area (Å²) in [5.41, 5.74) is 0. The Balaban J connectivity index is 1.88. The van der Waals surface area contributed by atoms with Gasteiger partial charge in [0.1, 0.15) is 0 Å². The average Bonchev–Trinajstić information content (AvgIpc) is 2.43. The lowest BCUT2D eigenvalue weighted by Gasteiger charge is -2.43. The van der Waals surface area contributed by atoms with E-state index in [2.05, 4.69) is 31.0 Å². The molecule has 1 aliphatic carbocycles. The van der Waals surface area contributed by atoms with Crippen LogP contribution in [0.15, 0.2) is 0 Å². The Bertz CT molecular complexity index is 262. The summed E-state index contributed by atoms with van der Waals surface area (Å²) in [5.74, 6) is 1.37. The first-order chi connectivity index (χ1) is 9.63. The predicted molar refractivity (Wildman–Crippen MR) is 84.9 cm³/mol. The van der Waals surface area contributed by atoms with Crippen LogP contribution in [0.1, 0.15) is 59.3 Å². The Hall–Kier alpha value is -0.120. The Kier molecular flexibility index (Phi) is 6.31. The van der Waals surface area contributed by atoms with Gasteiger partial charge < -0.3 is 10.4 Å². The first kappa shape index (κ1) is 16.3. The van der Waals surface area contributed by atoms with E-state index < -0.39 is 0 Å². The molecule has 0 amide bonds. The topological polar surface area (TPSA) is 35.5 Å². The van der Waals surface area contributed by atoms with E-state index in [1.807, 2.05) is 0 Å². The molecular weight excluding hydrogens is 248 g/mol. The molecule has 0 aromatic rings. The molecule has 0 radical (unpaired) electrons. The summed E-state index contributed by atoms with van der Waals surface area (Å²) < 4.78 is 0. The van der Waals surface area contributed by atoms with Gasteiger partial charge in [0.25, 0.3) is 0 Å². The third-order valence-electron chi connectivity index (χ3n) is 5.61. The van der Waals surface area contributed by atoms with E-state index in [0.717, 1.165) is 31.8 Å². The standard InChI is InChI=1S/C17H34N2O/c1-4-13(3)19-11-15(17(20)5-2)9-16(12-19)18-10-14-7-6-8-14/h13-18,20H,4-12H2,1-3H3. The minimum Gasteiger partial charge on any atom is -0.393 e. The van der Waals surface area contributed by atoms with Crippen molar-refractivity contribution in [2.45, 2.75) is 77.5 Å². The van der Waals surface area contributed by atoms with Gasteiger partial charge in [0.15, 0.2) is 0 Å². The number of rotatable bonds is 7. The average molecular weight is 282 g/mol. The lowest BCUT2D eigenvalue weighted by Crippen LogP contribution is -2.54. The number of hydrogen-bond donors (Lipinski definition) is 2. The summed E-state index contributed by atoms with van der Waals surface area (Å²) in [7, 11) is 0. The van der Waals surface area contributed by atoms with Gasteiger partial charge in [-0.25, -0.2) is 0 Å². The van der Waals surface area contributed by atoms with Crippen LogP contribution in [0, 0.1) is 11.8 Å². The van der Waals surface area contributed by atoms with Crippen molar-refractivity contribution in [3.63, 3.8) is 0 Å². The van der Waals surface area contributed by atoms with Crippen LogP contribution < -0.4 is 5.32 Å². The van der Waals surface area contributed by atoms with Gasteiger partial charge in [0, 0.05) is 25.2 Å². The third-order valence-corrected chi connectivity index (χ3v) is 5.61. The molecule has 2 N–H and O–H groups in total. The summed E-state index contributed by atoms with van der Waals surface area (Å²) in [5, 5.41) is 14.0. The lowest BCUT2D eigenvalue weighted by atomic mass is 9.84. The monoisotopic (exact) mass is 282 g/mol. The van der Waals surface area contributed by atoms with Crippen molar-refractivity contribution >= 4 is 0 Å². The zero-order valence-electron chi connectivity index (χ0n) is 13.6. The van der Waals surface area contributed by atoms with Crippen LogP contribution in [-0.2, 0) is 0 Å². The first-order valence-electron chi connectivity index (χ1n) is 8.79. The van der Waals surface area contributed by atoms with E-state index in [0.29, 0.717) is 18.0 Å². The van der Waals surface area contributed by atoms with Gasteiger partial charge in [-0.3, -0.25) is 4.90 Å². The van der Waals surface area contributed by atoms with Crippen molar-refractivity contribution in [3.8, 4) is 0 Å². The van der Waals surface area contributed by atoms with Gasteiger partial charge in [-0.15, -0.1) is 0 Å². The van der Waals surface area contributed by atoms with Crippen molar-refractivity contribution in [1.82, 2.24) is 10.2 Å². The second kappa shape index (κ2) is 7.77. The number of aliphatic hydroxyl groups excluding tert-OH is 1. The van der Waals surface area contributed by atoms with Gasteiger partial charge >= 0.3 is 0 Å². The fourth-order valence-electron chi connectivity index (χ4n) is 3.58. The van der Waals surface area contributed by atoms with Crippen molar-refractivity contribution in [2.75, 3.05) is 19.6 Å². The molecule has 1 aliphatic heterocycles. The molecular formula is C17H34N2O. The molecule has 1 heterocycles. The van der Waals surface area contributed by atoms with Gasteiger partial charge in [-0.2, -0.15) is 0 Å². The van der Waals surface area contributed by atoms with Crippen LogP contribution in [0.2, 0.25) is 0 Å². The van der Waals surface area contributed by atoms with Crippen LogP contribution in [-0.4, -0.2) is 47.8 Å². The summed E-state index contributed by atoms with van der Waals surface area (Å²) in [4.78, 5) is 2.59. The van der Waals surface area contributed by atoms with E-state index >= 15 is 0 Å². The highest BCUT2D eigenvalue weighted by molar-refractivity contribution is 4.89. The molecule has 4 unspecified atom stereocenters. The number of nitrogens with zero attached hydrogens (tertiary/aromatic N) is 1. The maximum atomic E-state index is 10.3. The van der Waals surface area contributed by atoms with E-state index in [1.54, 1.807) is 0 Å². The Labute approximate surface area is 125 Å². The van der Waals surface area contributed by atoms with Crippen LogP contribution in [0.5, 0.6) is 0 Å². The highest BCUT2D eigenvalue weighted by Gasteiger charge is 2.32. The van der Waals surface area contributed by atoms with E-state index in [4.69, 9.17) is 0 Å². The Morgan fingerprint density at radius 1 is 1.20 bits per heavy atom. The van der Waals surface area contributed by atoms with Crippen molar-refractivity contribution in [1.29, 1.82) is 0 Å². The third kappa shape index (κ3) is 4.19. The smallest absolute Gasteiger partial charge is 0.0578 e. The molecule has 0 aromatic heterocycles. The molecule has 2 fully saturated rings. The number of nitrogens with one attached hydrogen (secondary N) is 1. The summed E-state index contributed by atoms with van der Waals surface area (Å²) >= 11 is 0. The molecule has 4 atom stereocenters. The van der Waals surface area contributed by atoms with Gasteiger partial charge in [-0.1, -0.05) is 20.3 Å². The van der Waals surface area contributed by atoms with Crippen LogP contribution in [0.25, 0.3) is 0 Å². The molecule has 3 nitrogen and oxygen atoms in total. The zero-order valence-corrected chi connectivity index (χ0v) is 13.6. The molecule has 0 bridgehead atoms. The zero-order chi connectivity index (χ0) is 14.5. The molecule has 20 heavy (non-hydrogen) atoms. The molecule has 0 spiro atoms. The second-order valence-electron chi connectivity index (χ2n) is 7.08. The highest BCUT2D eigenvalue weighted by Crippen LogP contribution is 2.27. The van der Waals surface area contributed by atoms with Crippen LogP contribution >= 0.6 is 0 Å². The SMILES string of the molecule is CCC(O)C1CC(NCC2CCC2)CN(C(C)CC)C1. The number of piperidine rings is 1. The van der Waals surface area contributed by atoms with Gasteiger partial charge in [0.2, 0.25) is 0 Å².